The fourth-order valence-corrected chi connectivity index (χ4v) is 6.43. The van der Waals surface area contributed by atoms with Crippen molar-refractivity contribution in [3.63, 3.8) is 0 Å². The van der Waals surface area contributed by atoms with E-state index < -0.39 is 12.3 Å². The normalized spacial score (nSPS) is 18.8. The molecular weight excluding hydrogens is 499 g/mol. The van der Waals surface area contributed by atoms with Gasteiger partial charge in [-0.2, -0.15) is 0 Å². The van der Waals surface area contributed by atoms with Crippen molar-refractivity contribution in [3.05, 3.63) is 94.0 Å². The number of halogens is 1. The van der Waals surface area contributed by atoms with E-state index in [2.05, 4.69) is 27.3 Å². The molecule has 0 bridgehead atoms. The molecule has 6 rings (SSSR count). The third-order valence-electron chi connectivity index (χ3n) is 7.58. The van der Waals surface area contributed by atoms with E-state index in [-0.39, 0.29) is 5.91 Å². The quantitative estimate of drug-likeness (QED) is 0.337. The second-order valence-corrected chi connectivity index (χ2v) is 11.1. The molecule has 1 saturated heterocycles. The number of aryl methyl sites for hydroxylation is 2. The molecule has 4 aromatic rings. The fraction of sp³-hybridized carbons (Fsp3) is 0.300. The molecule has 1 fully saturated rings. The Kier molecular flexibility index (Phi) is 6.68. The fourth-order valence-electron chi connectivity index (χ4n) is 5.46. The van der Waals surface area contributed by atoms with Crippen molar-refractivity contribution < 1.29 is 14.3 Å². The average Bonchev–Trinajstić information content (AvgIpc) is 3.27. The van der Waals surface area contributed by atoms with E-state index >= 15 is 0 Å². The van der Waals surface area contributed by atoms with Crippen LogP contribution in [-0.2, 0) is 25.1 Å². The maximum absolute atomic E-state index is 13.2. The number of anilines is 2. The molecule has 2 aromatic carbocycles. The van der Waals surface area contributed by atoms with Gasteiger partial charge in [-0.1, -0.05) is 48.5 Å². The van der Waals surface area contributed by atoms with Gasteiger partial charge in [-0.25, -0.2) is 14.4 Å². The van der Waals surface area contributed by atoms with E-state index in [9.17, 15) is 14.3 Å². The summed E-state index contributed by atoms with van der Waals surface area (Å²) in [5, 5.41) is 14.9. The van der Waals surface area contributed by atoms with Gasteiger partial charge in [-0.05, 0) is 60.9 Å². The van der Waals surface area contributed by atoms with E-state index in [0.29, 0.717) is 35.6 Å². The Balaban J connectivity index is 1.12. The lowest BCUT2D eigenvalue weighted by atomic mass is 9.86. The largest absolute Gasteiger partial charge is 0.385 e. The number of carbonyl (C=O) groups excluding carboxylic acids is 1. The van der Waals surface area contributed by atoms with Gasteiger partial charge in [0.15, 0.2) is 5.13 Å². The molecule has 0 spiro atoms. The number of nitrogens with one attached hydrogen (secondary N) is 1. The number of nitrogens with zero attached hydrogens (tertiary/aromatic N) is 3. The van der Waals surface area contributed by atoms with Crippen LogP contribution in [0.1, 0.15) is 51.2 Å². The van der Waals surface area contributed by atoms with Gasteiger partial charge < -0.3 is 10.0 Å². The van der Waals surface area contributed by atoms with Gasteiger partial charge in [0, 0.05) is 29.7 Å². The molecule has 1 atom stereocenters. The Bertz CT molecular complexity index is 1470. The number of aromatic nitrogens is 2. The summed E-state index contributed by atoms with van der Waals surface area (Å²) < 4.78 is 13.2. The first-order valence-corrected chi connectivity index (χ1v) is 13.8. The minimum Gasteiger partial charge on any atom is -0.385 e. The van der Waals surface area contributed by atoms with Crippen LogP contribution in [-0.4, -0.2) is 34.1 Å². The van der Waals surface area contributed by atoms with Crippen LogP contribution in [0.5, 0.6) is 0 Å². The van der Waals surface area contributed by atoms with Crippen molar-refractivity contribution in [1.29, 1.82) is 0 Å². The van der Waals surface area contributed by atoms with Gasteiger partial charge in [0.1, 0.15) is 12.5 Å². The van der Waals surface area contributed by atoms with Gasteiger partial charge in [-0.3, -0.25) is 10.1 Å². The molecule has 38 heavy (non-hydrogen) atoms. The summed E-state index contributed by atoms with van der Waals surface area (Å²) >= 11 is 1.53. The first kappa shape index (κ1) is 24.7. The minimum absolute atomic E-state index is 0.235. The van der Waals surface area contributed by atoms with Crippen LogP contribution in [0, 0.1) is 0 Å². The highest BCUT2D eigenvalue weighted by Gasteiger charge is 2.32. The van der Waals surface area contributed by atoms with Crippen LogP contribution in [0.3, 0.4) is 0 Å². The predicted molar refractivity (Wildman–Crippen MR) is 148 cm³/mol. The molecule has 6 nitrogen and oxygen atoms in total. The molecule has 194 valence electrons. The summed E-state index contributed by atoms with van der Waals surface area (Å²) in [4.78, 5) is 25.6. The number of amides is 1. The van der Waals surface area contributed by atoms with E-state index in [1.54, 1.807) is 30.5 Å². The van der Waals surface area contributed by atoms with E-state index in [4.69, 9.17) is 4.98 Å². The molecule has 1 amide bonds. The number of aliphatic hydroxyl groups is 1. The van der Waals surface area contributed by atoms with Crippen LogP contribution in [0.4, 0.5) is 15.3 Å². The van der Waals surface area contributed by atoms with Gasteiger partial charge in [0.2, 0.25) is 0 Å². The molecule has 1 aliphatic heterocycles. The van der Waals surface area contributed by atoms with Crippen LogP contribution in [0.2, 0.25) is 0 Å². The molecule has 0 radical (unpaired) electrons. The number of pyridine rings is 1. The standard InChI is InChI=1S/C30H29FN4O2S/c31-18-20-5-3-7-23(17-20)30(37)13-4-15-35(16-14-30)26-12-10-22(19-32-26)28(36)34-29-33-27-24-8-2-1-6-21(24)9-11-25(27)38-29/h1-3,5-8,10,12,17,19,37H,4,9,11,13-16,18H2,(H,33,34,36). The van der Waals surface area contributed by atoms with Crippen LogP contribution >= 0.6 is 11.3 Å². The van der Waals surface area contributed by atoms with E-state index in [0.717, 1.165) is 48.4 Å². The zero-order chi connectivity index (χ0) is 26.1. The molecule has 2 aromatic heterocycles. The number of carbonyl (C=O) groups is 1. The molecule has 2 N–H and O–H groups in total. The highest BCUT2D eigenvalue weighted by molar-refractivity contribution is 7.16. The monoisotopic (exact) mass is 528 g/mol. The summed E-state index contributed by atoms with van der Waals surface area (Å²) in [6, 6.07) is 19.1. The molecule has 0 saturated carbocycles. The Morgan fingerprint density at radius 1 is 1.08 bits per heavy atom. The maximum Gasteiger partial charge on any atom is 0.259 e. The smallest absolute Gasteiger partial charge is 0.259 e. The summed E-state index contributed by atoms with van der Waals surface area (Å²) in [7, 11) is 0. The van der Waals surface area contributed by atoms with E-state index in [1.165, 1.54) is 21.8 Å². The first-order chi connectivity index (χ1) is 18.5. The summed E-state index contributed by atoms with van der Waals surface area (Å²) in [6.45, 7) is 0.815. The topological polar surface area (TPSA) is 78.4 Å². The van der Waals surface area contributed by atoms with Crippen LogP contribution < -0.4 is 10.2 Å². The highest BCUT2D eigenvalue weighted by atomic mass is 32.1. The van der Waals surface area contributed by atoms with Crippen molar-refractivity contribution >= 4 is 28.2 Å². The number of rotatable bonds is 5. The first-order valence-electron chi connectivity index (χ1n) is 13.0. The highest BCUT2D eigenvalue weighted by Crippen LogP contribution is 2.38. The van der Waals surface area contributed by atoms with Crippen LogP contribution in [0.25, 0.3) is 11.3 Å². The lowest BCUT2D eigenvalue weighted by molar-refractivity contribution is 0.0243. The van der Waals surface area contributed by atoms with Crippen molar-refractivity contribution in [2.24, 2.45) is 0 Å². The van der Waals surface area contributed by atoms with Crippen LogP contribution in [0.15, 0.2) is 66.9 Å². The second kappa shape index (κ2) is 10.3. The number of thiazole rings is 1. The summed E-state index contributed by atoms with van der Waals surface area (Å²) in [6.07, 6.45) is 5.41. The predicted octanol–water partition coefficient (Wildman–Crippen LogP) is 5.90. The Morgan fingerprint density at radius 3 is 2.82 bits per heavy atom. The molecule has 1 unspecified atom stereocenters. The van der Waals surface area contributed by atoms with E-state index in [1.807, 2.05) is 24.3 Å². The van der Waals surface area contributed by atoms with Crippen molar-refractivity contribution in [2.45, 2.75) is 44.4 Å². The molecular formula is C30H29FN4O2S. The minimum atomic E-state index is -0.993. The molecule has 2 aliphatic rings. The van der Waals surface area contributed by atoms with Gasteiger partial charge in [0.05, 0.1) is 16.9 Å². The third kappa shape index (κ3) is 4.81. The summed E-state index contributed by atoms with van der Waals surface area (Å²) in [5.74, 6) is 0.533. The lowest BCUT2D eigenvalue weighted by Gasteiger charge is -2.28. The number of hydrogen-bond donors (Lipinski definition) is 2. The zero-order valence-electron chi connectivity index (χ0n) is 21.0. The Hall–Kier alpha value is -3.62. The van der Waals surface area contributed by atoms with Crippen molar-refractivity contribution in [2.75, 3.05) is 23.3 Å². The third-order valence-corrected chi connectivity index (χ3v) is 8.61. The number of fused-ring (bicyclic) bond motifs is 3. The molecule has 1 aliphatic carbocycles. The number of benzene rings is 2. The van der Waals surface area contributed by atoms with Gasteiger partial charge >= 0.3 is 0 Å². The molecule has 8 heteroatoms. The molecule has 3 heterocycles. The van der Waals surface area contributed by atoms with Gasteiger partial charge in [-0.15, -0.1) is 11.3 Å². The van der Waals surface area contributed by atoms with Crippen molar-refractivity contribution in [1.82, 2.24) is 9.97 Å². The lowest BCUT2D eigenvalue weighted by Crippen LogP contribution is -2.29. The zero-order valence-corrected chi connectivity index (χ0v) is 21.8. The maximum atomic E-state index is 13.2. The summed E-state index contributed by atoms with van der Waals surface area (Å²) in [5.41, 5.74) is 4.24. The second-order valence-electron chi connectivity index (χ2n) is 10.0. The average molecular weight is 529 g/mol. The number of alkyl halides is 1. The Labute approximate surface area is 225 Å². The number of hydrogen-bond acceptors (Lipinski definition) is 6. The SMILES string of the molecule is O=C(Nc1nc2c(s1)CCc1ccccc1-2)c1ccc(N2CCCC(O)(c3cccc(CF)c3)CC2)nc1. The van der Waals surface area contributed by atoms with Gasteiger partial charge in [0.25, 0.3) is 5.91 Å². The van der Waals surface area contributed by atoms with Crippen molar-refractivity contribution in [3.8, 4) is 11.3 Å². The Morgan fingerprint density at radius 2 is 1.97 bits per heavy atom.